The standard InChI is InChI=1S/C60H39Cl2N3O/c61-42-22-17-23-44(34-42)63(53-29-12-7-24-48(53)40-18-3-1-4-19-40)45-35-43(62)36-46(37-45)64(54-30-13-8-25-49(54)41-20-5-2-6-21-41)47-38-57(60-52-28-11-16-33-58(52)66-59(60)39-47)65-55-31-14-9-26-50(55)51-27-10-15-32-56(51)65/h1-39H. The van der Waals surface area contributed by atoms with Crippen LogP contribution in [0.1, 0.15) is 0 Å². The number of nitrogens with zero attached hydrogens (tertiary/aromatic N) is 3. The molecule has 0 saturated heterocycles. The number of para-hydroxylation sites is 5. The zero-order valence-electron chi connectivity index (χ0n) is 35.5. The minimum absolute atomic E-state index is 0.571. The van der Waals surface area contributed by atoms with Crippen LogP contribution < -0.4 is 9.80 Å². The van der Waals surface area contributed by atoms with Gasteiger partial charge in [-0.3, -0.25) is 0 Å². The number of rotatable bonds is 9. The van der Waals surface area contributed by atoms with Crippen molar-refractivity contribution in [3.63, 3.8) is 0 Å². The summed E-state index contributed by atoms with van der Waals surface area (Å²) < 4.78 is 9.27. The molecule has 314 valence electrons. The highest BCUT2D eigenvalue weighted by Gasteiger charge is 2.26. The molecule has 12 aromatic rings. The Labute approximate surface area is 392 Å². The smallest absolute Gasteiger partial charge is 0.139 e. The van der Waals surface area contributed by atoms with Crippen LogP contribution in [0.5, 0.6) is 0 Å². The number of hydrogen-bond acceptors (Lipinski definition) is 3. The average molecular weight is 889 g/mol. The number of benzene rings is 10. The van der Waals surface area contributed by atoms with E-state index >= 15 is 0 Å². The van der Waals surface area contributed by atoms with Gasteiger partial charge < -0.3 is 18.8 Å². The highest BCUT2D eigenvalue weighted by molar-refractivity contribution is 6.31. The van der Waals surface area contributed by atoms with Crippen LogP contribution in [0.2, 0.25) is 10.0 Å². The average Bonchev–Trinajstić information content (AvgIpc) is 3.91. The first kappa shape index (κ1) is 39.6. The van der Waals surface area contributed by atoms with E-state index in [2.05, 4.69) is 208 Å². The maximum absolute atomic E-state index is 7.42. The van der Waals surface area contributed by atoms with E-state index in [0.717, 1.165) is 95.0 Å². The third-order valence-corrected chi connectivity index (χ3v) is 12.9. The van der Waals surface area contributed by atoms with Gasteiger partial charge in [-0.2, -0.15) is 0 Å². The lowest BCUT2D eigenvalue weighted by atomic mass is 10.0. The minimum atomic E-state index is 0.571. The molecule has 12 rings (SSSR count). The van der Waals surface area contributed by atoms with Gasteiger partial charge in [0.05, 0.1) is 39.2 Å². The summed E-state index contributed by atoms with van der Waals surface area (Å²) in [5, 5.41) is 5.65. The summed E-state index contributed by atoms with van der Waals surface area (Å²) in [4.78, 5) is 4.57. The van der Waals surface area contributed by atoms with Crippen molar-refractivity contribution >= 4 is 101 Å². The molecule has 2 heterocycles. The van der Waals surface area contributed by atoms with Crippen molar-refractivity contribution in [1.82, 2.24) is 4.57 Å². The molecule has 0 saturated carbocycles. The number of furan rings is 1. The fourth-order valence-corrected chi connectivity index (χ4v) is 10.1. The fourth-order valence-electron chi connectivity index (χ4n) is 9.65. The van der Waals surface area contributed by atoms with Crippen LogP contribution in [-0.4, -0.2) is 4.57 Å². The molecule has 6 heteroatoms. The van der Waals surface area contributed by atoms with Gasteiger partial charge in [0.25, 0.3) is 0 Å². The van der Waals surface area contributed by atoms with Crippen molar-refractivity contribution < 1.29 is 4.42 Å². The summed E-state index contributed by atoms with van der Waals surface area (Å²) in [6.07, 6.45) is 0. The van der Waals surface area contributed by atoms with Crippen LogP contribution in [0.4, 0.5) is 34.1 Å². The maximum Gasteiger partial charge on any atom is 0.139 e. The summed E-state index contributed by atoms with van der Waals surface area (Å²) in [7, 11) is 0. The SMILES string of the molecule is Clc1cccc(N(c2cc(Cl)cc(N(c3cc(-n4c5ccccc5c5ccccc54)c4c(c3)oc3ccccc34)c3ccccc3-c3ccccc3)c2)c2ccccc2-c2ccccc2)c1. The molecule has 10 aromatic carbocycles. The first-order valence-corrected chi connectivity index (χ1v) is 22.7. The molecule has 0 aliphatic rings. The maximum atomic E-state index is 7.42. The first-order chi connectivity index (χ1) is 32.6. The molecule has 0 aliphatic heterocycles. The van der Waals surface area contributed by atoms with E-state index in [1.807, 2.05) is 42.5 Å². The molecular formula is C60H39Cl2N3O. The molecule has 0 amide bonds. The van der Waals surface area contributed by atoms with E-state index in [1.165, 1.54) is 10.8 Å². The molecule has 0 N–H and O–H groups in total. The summed E-state index contributed by atoms with van der Waals surface area (Å²) in [5.41, 5.74) is 14.6. The van der Waals surface area contributed by atoms with Crippen LogP contribution in [0.25, 0.3) is 71.7 Å². The highest BCUT2D eigenvalue weighted by Crippen LogP contribution is 2.49. The van der Waals surface area contributed by atoms with Crippen molar-refractivity contribution in [2.24, 2.45) is 0 Å². The number of anilines is 6. The lowest BCUT2D eigenvalue weighted by Crippen LogP contribution is -2.15. The van der Waals surface area contributed by atoms with Gasteiger partial charge in [-0.1, -0.05) is 181 Å². The Kier molecular flexibility index (Phi) is 9.90. The minimum Gasteiger partial charge on any atom is -0.456 e. The third kappa shape index (κ3) is 6.87. The fraction of sp³-hybridized carbons (Fsp3) is 0. The Bertz CT molecular complexity index is 3710. The Balaban J connectivity index is 1.17. The Morgan fingerprint density at radius 2 is 0.833 bits per heavy atom. The van der Waals surface area contributed by atoms with E-state index < -0.39 is 0 Å². The number of halogens is 2. The second-order valence-corrected chi connectivity index (χ2v) is 17.3. The first-order valence-electron chi connectivity index (χ1n) is 22.0. The molecule has 0 atom stereocenters. The highest BCUT2D eigenvalue weighted by atomic mass is 35.5. The zero-order valence-corrected chi connectivity index (χ0v) is 37.0. The number of hydrogen-bond donors (Lipinski definition) is 0. The van der Waals surface area contributed by atoms with Crippen molar-refractivity contribution in [2.75, 3.05) is 9.80 Å². The van der Waals surface area contributed by atoms with Crippen molar-refractivity contribution in [1.29, 1.82) is 0 Å². The Morgan fingerprint density at radius 3 is 1.44 bits per heavy atom. The molecule has 4 nitrogen and oxygen atoms in total. The molecule has 66 heavy (non-hydrogen) atoms. The normalized spacial score (nSPS) is 11.5. The van der Waals surface area contributed by atoms with Crippen LogP contribution in [0.15, 0.2) is 241 Å². The lowest BCUT2D eigenvalue weighted by Gasteiger charge is -2.32. The van der Waals surface area contributed by atoms with Gasteiger partial charge in [0.15, 0.2) is 0 Å². The van der Waals surface area contributed by atoms with E-state index in [0.29, 0.717) is 10.0 Å². The van der Waals surface area contributed by atoms with Crippen LogP contribution in [0, 0.1) is 0 Å². The van der Waals surface area contributed by atoms with Gasteiger partial charge in [0, 0.05) is 60.5 Å². The predicted octanol–water partition coefficient (Wildman–Crippen LogP) is 18.3. The summed E-state index contributed by atoms with van der Waals surface area (Å²) in [6, 6.07) is 82.4. The molecular weight excluding hydrogens is 850 g/mol. The second kappa shape index (κ2) is 16.5. The van der Waals surface area contributed by atoms with Crippen molar-refractivity contribution in [2.45, 2.75) is 0 Å². The van der Waals surface area contributed by atoms with Gasteiger partial charge in [-0.15, -0.1) is 0 Å². The monoisotopic (exact) mass is 887 g/mol. The lowest BCUT2D eigenvalue weighted by molar-refractivity contribution is 0.669. The van der Waals surface area contributed by atoms with Gasteiger partial charge in [0.2, 0.25) is 0 Å². The largest absolute Gasteiger partial charge is 0.456 e. The number of fused-ring (bicyclic) bond motifs is 6. The topological polar surface area (TPSA) is 24.6 Å². The van der Waals surface area contributed by atoms with E-state index in [1.54, 1.807) is 0 Å². The van der Waals surface area contributed by atoms with Crippen molar-refractivity contribution in [3.05, 3.63) is 247 Å². The third-order valence-electron chi connectivity index (χ3n) is 12.4. The van der Waals surface area contributed by atoms with E-state index in [9.17, 15) is 0 Å². The van der Waals surface area contributed by atoms with E-state index in [-0.39, 0.29) is 0 Å². The van der Waals surface area contributed by atoms with E-state index in [4.69, 9.17) is 27.6 Å². The predicted molar refractivity (Wildman–Crippen MR) is 278 cm³/mol. The molecule has 0 spiro atoms. The summed E-state index contributed by atoms with van der Waals surface area (Å²) in [6.45, 7) is 0. The number of aromatic nitrogens is 1. The van der Waals surface area contributed by atoms with Gasteiger partial charge in [0.1, 0.15) is 11.2 Å². The zero-order chi connectivity index (χ0) is 44.1. The van der Waals surface area contributed by atoms with Crippen molar-refractivity contribution in [3.8, 4) is 27.9 Å². The van der Waals surface area contributed by atoms with Crippen LogP contribution in [-0.2, 0) is 0 Å². The van der Waals surface area contributed by atoms with Gasteiger partial charge in [-0.25, -0.2) is 0 Å². The molecule has 0 bridgehead atoms. The Morgan fingerprint density at radius 1 is 0.348 bits per heavy atom. The van der Waals surface area contributed by atoms with Gasteiger partial charge >= 0.3 is 0 Å². The quantitative estimate of drug-likeness (QED) is 0.144. The molecule has 2 aromatic heterocycles. The Hall–Kier alpha value is -8.02. The molecule has 0 fully saturated rings. The summed E-state index contributed by atoms with van der Waals surface area (Å²) in [5.74, 6) is 0. The molecule has 0 unspecified atom stereocenters. The second-order valence-electron chi connectivity index (χ2n) is 16.4. The van der Waals surface area contributed by atoms with Crippen LogP contribution >= 0.6 is 23.2 Å². The molecule has 0 radical (unpaired) electrons. The van der Waals surface area contributed by atoms with Crippen LogP contribution in [0.3, 0.4) is 0 Å². The molecule has 0 aliphatic carbocycles. The van der Waals surface area contributed by atoms with Gasteiger partial charge in [-0.05, 0) is 83.9 Å². The summed E-state index contributed by atoms with van der Waals surface area (Å²) >= 11 is 14.2.